The fraction of sp³-hybridized carbons (Fsp3) is 0.250. The lowest BCUT2D eigenvalue weighted by Gasteiger charge is -2.35. The highest BCUT2D eigenvalue weighted by Gasteiger charge is 2.22. The minimum Gasteiger partial charge on any atom is -0.507 e. The van der Waals surface area contributed by atoms with Crippen molar-refractivity contribution in [1.82, 2.24) is 15.0 Å². The van der Waals surface area contributed by atoms with Gasteiger partial charge in [-0.05, 0) is 42.0 Å². The van der Waals surface area contributed by atoms with Gasteiger partial charge in [0.25, 0.3) is 0 Å². The Hall–Kier alpha value is -3.09. The van der Waals surface area contributed by atoms with Gasteiger partial charge in [0.05, 0.1) is 11.3 Å². The molecule has 158 valence electrons. The quantitative estimate of drug-likeness (QED) is 0.499. The lowest BCUT2D eigenvalue weighted by atomic mass is 10.0. The highest BCUT2D eigenvalue weighted by Crippen LogP contribution is 2.32. The fourth-order valence-electron chi connectivity index (χ4n) is 4.07. The van der Waals surface area contributed by atoms with Crippen LogP contribution in [0.25, 0.3) is 11.0 Å². The van der Waals surface area contributed by atoms with Gasteiger partial charge in [0, 0.05) is 55.8 Å². The fourth-order valence-corrected chi connectivity index (χ4v) is 4.20. The van der Waals surface area contributed by atoms with Gasteiger partial charge in [-0.3, -0.25) is 4.90 Å². The first-order chi connectivity index (χ1) is 15.2. The van der Waals surface area contributed by atoms with Crippen LogP contribution in [0.1, 0.15) is 16.8 Å². The van der Waals surface area contributed by atoms with Gasteiger partial charge in [-0.15, -0.1) is 0 Å². The predicted octanol–water partition coefficient (Wildman–Crippen LogP) is 4.49. The Morgan fingerprint density at radius 3 is 2.52 bits per heavy atom. The summed E-state index contributed by atoms with van der Waals surface area (Å²) in [6.07, 6.45) is 2.48. The third-order valence-electron chi connectivity index (χ3n) is 5.81. The molecule has 7 heteroatoms. The van der Waals surface area contributed by atoms with Gasteiger partial charge in [0.15, 0.2) is 5.58 Å². The lowest BCUT2D eigenvalue weighted by molar-refractivity contribution is 0.245. The first-order valence-corrected chi connectivity index (χ1v) is 10.8. The van der Waals surface area contributed by atoms with Crippen molar-refractivity contribution in [3.05, 3.63) is 82.6 Å². The molecule has 0 amide bonds. The molecule has 0 unspecified atom stereocenters. The van der Waals surface area contributed by atoms with E-state index in [9.17, 15) is 5.11 Å². The number of rotatable bonds is 5. The van der Waals surface area contributed by atoms with Gasteiger partial charge in [0.1, 0.15) is 11.6 Å². The molecule has 1 N–H and O–H groups in total. The monoisotopic (exact) mass is 434 g/mol. The van der Waals surface area contributed by atoms with E-state index in [1.165, 1.54) is 0 Å². The maximum Gasteiger partial charge on any atom is 0.175 e. The molecule has 2 aromatic carbocycles. The van der Waals surface area contributed by atoms with Crippen LogP contribution in [-0.4, -0.2) is 46.3 Å². The second kappa shape index (κ2) is 8.57. The Balaban J connectivity index is 1.32. The summed E-state index contributed by atoms with van der Waals surface area (Å²) in [4.78, 5) is 9.06. The Kier molecular flexibility index (Phi) is 5.49. The number of nitrogens with zero attached hydrogens (tertiary/aromatic N) is 4. The molecule has 5 rings (SSSR count). The number of phenols is 1. The third kappa shape index (κ3) is 4.22. The van der Waals surface area contributed by atoms with Gasteiger partial charge < -0.3 is 14.5 Å². The van der Waals surface area contributed by atoms with Crippen molar-refractivity contribution in [3.8, 4) is 5.75 Å². The molecule has 1 aliphatic rings. The van der Waals surface area contributed by atoms with Crippen molar-refractivity contribution in [2.75, 3.05) is 31.1 Å². The number of phenolic OH excluding ortho intramolecular Hbond substituents is 1. The van der Waals surface area contributed by atoms with Crippen LogP contribution in [0.3, 0.4) is 0 Å². The van der Waals surface area contributed by atoms with E-state index < -0.39 is 0 Å². The number of aromatic hydroxyl groups is 1. The minimum atomic E-state index is 0.244. The minimum absolute atomic E-state index is 0.244. The van der Waals surface area contributed by atoms with Crippen LogP contribution in [0.2, 0.25) is 5.02 Å². The summed E-state index contributed by atoms with van der Waals surface area (Å²) in [6, 6.07) is 17.3. The van der Waals surface area contributed by atoms with E-state index in [1.807, 2.05) is 54.7 Å². The zero-order valence-corrected chi connectivity index (χ0v) is 17.8. The van der Waals surface area contributed by atoms with Crippen molar-refractivity contribution in [2.24, 2.45) is 0 Å². The van der Waals surface area contributed by atoms with Crippen LogP contribution < -0.4 is 4.90 Å². The number of piperazine rings is 1. The van der Waals surface area contributed by atoms with Crippen molar-refractivity contribution in [3.63, 3.8) is 0 Å². The first kappa shape index (κ1) is 19.8. The van der Waals surface area contributed by atoms with Gasteiger partial charge in [-0.25, -0.2) is 4.98 Å². The zero-order valence-electron chi connectivity index (χ0n) is 17.0. The normalized spacial score (nSPS) is 14.9. The van der Waals surface area contributed by atoms with Crippen molar-refractivity contribution < 1.29 is 9.63 Å². The summed E-state index contributed by atoms with van der Waals surface area (Å²) in [5.41, 5.74) is 3.42. The Bertz CT molecular complexity index is 1170. The number of anilines is 1. The van der Waals surface area contributed by atoms with Gasteiger partial charge >= 0.3 is 0 Å². The summed E-state index contributed by atoms with van der Waals surface area (Å²) in [7, 11) is 0. The molecule has 31 heavy (non-hydrogen) atoms. The number of halogens is 1. The standard InChI is InChI=1S/C24H23ClN4O2/c25-18-6-4-17(5-7-18)15-21-19-8-9-22(30)20(24(19)31-27-21)16-28-11-13-29(14-12-28)23-3-1-2-10-26-23/h1-10,30H,11-16H2. The van der Waals surface area contributed by atoms with Crippen molar-refractivity contribution in [2.45, 2.75) is 13.0 Å². The third-order valence-corrected chi connectivity index (χ3v) is 6.06. The summed E-state index contributed by atoms with van der Waals surface area (Å²) in [6.45, 7) is 4.18. The summed E-state index contributed by atoms with van der Waals surface area (Å²) in [5, 5.41) is 16.5. The second-order valence-corrected chi connectivity index (χ2v) is 8.26. The molecule has 3 heterocycles. The van der Waals surface area contributed by atoms with E-state index in [2.05, 4.69) is 19.9 Å². The molecule has 0 radical (unpaired) electrons. The summed E-state index contributed by atoms with van der Waals surface area (Å²) in [5.74, 6) is 1.25. The first-order valence-electron chi connectivity index (χ1n) is 10.4. The van der Waals surface area contributed by atoms with E-state index in [1.54, 1.807) is 6.07 Å². The highest BCUT2D eigenvalue weighted by molar-refractivity contribution is 6.30. The smallest absolute Gasteiger partial charge is 0.175 e. The Labute approximate surface area is 185 Å². The number of pyridine rings is 1. The molecule has 2 aromatic heterocycles. The van der Waals surface area contributed by atoms with Crippen LogP contribution in [0, 0.1) is 0 Å². The average Bonchev–Trinajstić information content (AvgIpc) is 3.21. The molecule has 0 bridgehead atoms. The van der Waals surface area contributed by atoms with E-state index in [-0.39, 0.29) is 5.75 Å². The van der Waals surface area contributed by atoms with Crippen LogP contribution >= 0.6 is 11.6 Å². The number of fused-ring (bicyclic) bond motifs is 1. The molecular weight excluding hydrogens is 412 g/mol. The van der Waals surface area contributed by atoms with Crippen molar-refractivity contribution in [1.29, 1.82) is 0 Å². The largest absolute Gasteiger partial charge is 0.507 e. The molecule has 1 saturated heterocycles. The summed E-state index contributed by atoms with van der Waals surface area (Å²) >= 11 is 5.99. The number of benzene rings is 2. The van der Waals surface area contributed by atoms with Gasteiger partial charge in [0.2, 0.25) is 0 Å². The zero-order chi connectivity index (χ0) is 21.2. The lowest BCUT2D eigenvalue weighted by Crippen LogP contribution is -2.46. The molecular formula is C24H23ClN4O2. The Morgan fingerprint density at radius 2 is 1.77 bits per heavy atom. The molecule has 0 aliphatic carbocycles. The van der Waals surface area contributed by atoms with Crippen LogP contribution in [0.15, 0.2) is 65.3 Å². The van der Waals surface area contributed by atoms with Gasteiger partial charge in [-0.1, -0.05) is 35.0 Å². The SMILES string of the molecule is Oc1ccc2c(Cc3ccc(Cl)cc3)noc2c1CN1CCN(c2ccccn2)CC1. The predicted molar refractivity (Wildman–Crippen MR) is 122 cm³/mol. The number of hydrogen-bond acceptors (Lipinski definition) is 6. The molecule has 6 nitrogen and oxygen atoms in total. The molecule has 0 saturated carbocycles. The van der Waals surface area contributed by atoms with Crippen LogP contribution in [-0.2, 0) is 13.0 Å². The van der Waals surface area contributed by atoms with Crippen molar-refractivity contribution >= 4 is 28.4 Å². The van der Waals surface area contributed by atoms with E-state index in [4.69, 9.17) is 16.1 Å². The van der Waals surface area contributed by atoms with E-state index >= 15 is 0 Å². The second-order valence-electron chi connectivity index (χ2n) is 7.82. The molecule has 1 aliphatic heterocycles. The van der Waals surface area contributed by atoms with E-state index in [0.29, 0.717) is 23.6 Å². The van der Waals surface area contributed by atoms with Crippen LogP contribution in [0.4, 0.5) is 5.82 Å². The highest BCUT2D eigenvalue weighted by atomic mass is 35.5. The maximum atomic E-state index is 10.5. The average molecular weight is 435 g/mol. The Morgan fingerprint density at radius 1 is 0.968 bits per heavy atom. The number of hydrogen-bond donors (Lipinski definition) is 1. The molecule has 1 fully saturated rings. The summed E-state index contributed by atoms with van der Waals surface area (Å²) < 4.78 is 5.71. The molecule has 4 aromatic rings. The van der Waals surface area contributed by atoms with E-state index in [0.717, 1.165) is 54.2 Å². The van der Waals surface area contributed by atoms with Crippen LogP contribution in [0.5, 0.6) is 5.75 Å². The molecule has 0 atom stereocenters. The maximum absolute atomic E-state index is 10.5. The topological polar surface area (TPSA) is 65.6 Å². The number of aromatic nitrogens is 2. The molecule has 0 spiro atoms. The van der Waals surface area contributed by atoms with Gasteiger partial charge in [-0.2, -0.15) is 0 Å².